The second-order valence-corrected chi connectivity index (χ2v) is 5.11. The van der Waals surface area contributed by atoms with Gasteiger partial charge in [-0.3, -0.25) is 14.9 Å². The molecule has 0 N–H and O–H groups in total. The summed E-state index contributed by atoms with van der Waals surface area (Å²) in [5, 5.41) is 11.1. The molecule has 1 heterocycles. The Balaban J connectivity index is 2.41. The average molecular weight is 329 g/mol. The summed E-state index contributed by atoms with van der Waals surface area (Å²) >= 11 is 3.24. The summed E-state index contributed by atoms with van der Waals surface area (Å²) in [6, 6.07) is 3.07. The summed E-state index contributed by atoms with van der Waals surface area (Å²) in [6.07, 6.45) is 0.852. The molecule has 0 amide bonds. The number of ketones is 1. The van der Waals surface area contributed by atoms with E-state index in [1.165, 1.54) is 13.2 Å². The van der Waals surface area contributed by atoms with Gasteiger partial charge in [-0.05, 0) is 15.9 Å². The van der Waals surface area contributed by atoms with Gasteiger partial charge in [-0.1, -0.05) is 0 Å². The van der Waals surface area contributed by atoms with E-state index in [1.807, 2.05) is 4.90 Å². The second kappa shape index (κ2) is 5.56. The molecule has 2 rings (SSSR count). The number of Topliss-reactive ketones (excluding diaryl/α,β-unsaturated/α-hetero) is 1. The smallest absolute Gasteiger partial charge is 0.293 e. The van der Waals surface area contributed by atoms with Crippen LogP contribution >= 0.6 is 15.9 Å². The highest BCUT2D eigenvalue weighted by Gasteiger charge is 2.25. The minimum atomic E-state index is -0.421. The van der Waals surface area contributed by atoms with Crippen molar-refractivity contribution in [1.82, 2.24) is 0 Å². The van der Waals surface area contributed by atoms with Crippen molar-refractivity contribution in [3.8, 4) is 5.75 Å². The molecule has 0 aliphatic carbocycles. The summed E-state index contributed by atoms with van der Waals surface area (Å²) in [5.41, 5.74) is 0.513. The van der Waals surface area contributed by atoms with Crippen LogP contribution < -0.4 is 9.64 Å². The van der Waals surface area contributed by atoms with Gasteiger partial charge < -0.3 is 9.64 Å². The summed E-state index contributed by atoms with van der Waals surface area (Å²) in [4.78, 5) is 23.8. The van der Waals surface area contributed by atoms with Gasteiger partial charge in [-0.25, -0.2) is 0 Å². The van der Waals surface area contributed by atoms with Gasteiger partial charge in [0.05, 0.1) is 16.5 Å². The predicted octanol–water partition coefficient (Wildman–Crippen LogP) is 2.54. The molecule has 1 aromatic carbocycles. The van der Waals surface area contributed by atoms with Gasteiger partial charge in [0.25, 0.3) is 5.69 Å². The highest BCUT2D eigenvalue weighted by Crippen LogP contribution is 2.38. The summed E-state index contributed by atoms with van der Waals surface area (Å²) in [5.74, 6) is 0.737. The maximum Gasteiger partial charge on any atom is 0.293 e. The number of hydrogen-bond donors (Lipinski definition) is 0. The summed E-state index contributed by atoms with van der Waals surface area (Å²) in [6.45, 7) is 1.01. The van der Waals surface area contributed by atoms with Gasteiger partial charge in [0, 0.05) is 38.1 Å². The lowest BCUT2D eigenvalue weighted by molar-refractivity contribution is -0.384. The standard InChI is InChI=1S/C12H13BrN2O4/c1-19-12-7-10(11(15(17)18)6-9(12)13)14-4-2-8(16)3-5-14/h6-7H,2-5H2,1H3. The third-order valence-corrected chi connectivity index (χ3v) is 3.73. The normalized spacial score (nSPS) is 15.5. The average Bonchev–Trinajstić information content (AvgIpc) is 2.39. The van der Waals surface area contributed by atoms with E-state index < -0.39 is 4.92 Å². The number of hydrogen-bond acceptors (Lipinski definition) is 5. The number of carbonyl (C=O) groups is 1. The Hall–Kier alpha value is -1.63. The largest absolute Gasteiger partial charge is 0.495 e. The molecule has 1 aliphatic heterocycles. The van der Waals surface area contributed by atoms with Crippen LogP contribution in [0.15, 0.2) is 16.6 Å². The van der Waals surface area contributed by atoms with Crippen molar-refractivity contribution < 1.29 is 14.5 Å². The van der Waals surface area contributed by atoms with Crippen LogP contribution in [0.5, 0.6) is 5.75 Å². The molecular formula is C12H13BrN2O4. The maximum absolute atomic E-state index is 11.2. The van der Waals surface area contributed by atoms with Gasteiger partial charge in [-0.15, -0.1) is 0 Å². The molecule has 0 radical (unpaired) electrons. The van der Waals surface area contributed by atoms with Gasteiger partial charge in [0.1, 0.15) is 17.2 Å². The molecular weight excluding hydrogens is 316 g/mol. The van der Waals surface area contributed by atoms with Crippen LogP contribution in [-0.4, -0.2) is 30.9 Å². The number of methoxy groups -OCH3 is 1. The van der Waals surface area contributed by atoms with Crippen molar-refractivity contribution in [3.63, 3.8) is 0 Å². The molecule has 102 valence electrons. The van der Waals surface area contributed by atoms with Gasteiger partial charge in [0.2, 0.25) is 0 Å². The minimum absolute atomic E-state index is 0.0158. The third kappa shape index (κ3) is 2.86. The molecule has 6 nitrogen and oxygen atoms in total. The van der Waals surface area contributed by atoms with Crippen molar-refractivity contribution in [2.24, 2.45) is 0 Å². The number of nitro groups is 1. The minimum Gasteiger partial charge on any atom is -0.495 e. The maximum atomic E-state index is 11.2. The van der Waals surface area contributed by atoms with Crippen molar-refractivity contribution >= 4 is 33.1 Å². The van der Waals surface area contributed by atoms with Crippen molar-refractivity contribution in [2.45, 2.75) is 12.8 Å². The molecule has 0 saturated carbocycles. The van der Waals surface area contributed by atoms with Crippen molar-refractivity contribution in [2.75, 3.05) is 25.1 Å². The topological polar surface area (TPSA) is 72.7 Å². The summed E-state index contributed by atoms with van der Waals surface area (Å²) < 4.78 is 5.71. The number of halogens is 1. The molecule has 0 bridgehead atoms. The Morgan fingerprint density at radius 1 is 1.37 bits per heavy atom. The first kappa shape index (κ1) is 13.8. The molecule has 1 aliphatic rings. The Morgan fingerprint density at radius 2 is 2.00 bits per heavy atom. The van der Waals surface area contributed by atoms with Crippen LogP contribution in [0.3, 0.4) is 0 Å². The quantitative estimate of drug-likeness (QED) is 0.629. The molecule has 0 atom stereocenters. The van der Waals surface area contributed by atoms with Crippen molar-refractivity contribution in [3.05, 3.63) is 26.7 Å². The number of anilines is 1. The Kier molecular flexibility index (Phi) is 4.04. The second-order valence-electron chi connectivity index (χ2n) is 4.26. The van der Waals surface area contributed by atoms with Gasteiger partial charge in [-0.2, -0.15) is 0 Å². The molecule has 1 saturated heterocycles. The predicted molar refractivity (Wildman–Crippen MR) is 73.8 cm³/mol. The molecule has 0 aromatic heterocycles. The van der Waals surface area contributed by atoms with Crippen LogP contribution in [-0.2, 0) is 4.79 Å². The lowest BCUT2D eigenvalue weighted by atomic mass is 10.1. The van der Waals surface area contributed by atoms with E-state index in [9.17, 15) is 14.9 Å². The number of ether oxygens (including phenoxy) is 1. The zero-order valence-electron chi connectivity index (χ0n) is 10.4. The number of nitro benzene ring substituents is 1. The Labute approximate surface area is 118 Å². The van der Waals surface area contributed by atoms with E-state index in [0.29, 0.717) is 41.8 Å². The number of carbonyl (C=O) groups excluding carboxylic acids is 1. The number of benzene rings is 1. The molecule has 0 unspecified atom stereocenters. The Bertz CT molecular complexity index is 523. The fraction of sp³-hybridized carbons (Fsp3) is 0.417. The number of piperidine rings is 1. The highest BCUT2D eigenvalue weighted by molar-refractivity contribution is 9.10. The molecule has 1 aromatic rings. The fourth-order valence-corrected chi connectivity index (χ4v) is 2.58. The summed E-state index contributed by atoms with van der Waals surface area (Å²) in [7, 11) is 1.51. The van der Waals surface area contributed by atoms with Gasteiger partial charge in [0.15, 0.2) is 0 Å². The first-order valence-electron chi connectivity index (χ1n) is 5.81. The van der Waals surface area contributed by atoms with E-state index in [-0.39, 0.29) is 11.5 Å². The van der Waals surface area contributed by atoms with Crippen LogP contribution in [0, 0.1) is 10.1 Å². The van der Waals surface area contributed by atoms with Crippen molar-refractivity contribution in [1.29, 1.82) is 0 Å². The molecule has 7 heteroatoms. The van der Waals surface area contributed by atoms with Crippen LogP contribution in [0.2, 0.25) is 0 Å². The monoisotopic (exact) mass is 328 g/mol. The van der Waals surface area contributed by atoms with E-state index >= 15 is 0 Å². The number of rotatable bonds is 3. The van der Waals surface area contributed by atoms with Crippen LogP contribution in [0.1, 0.15) is 12.8 Å². The van der Waals surface area contributed by atoms with E-state index in [4.69, 9.17) is 4.74 Å². The molecule has 0 spiro atoms. The zero-order valence-corrected chi connectivity index (χ0v) is 12.0. The SMILES string of the molecule is COc1cc(N2CCC(=O)CC2)c([N+](=O)[O-])cc1Br. The van der Waals surface area contributed by atoms with Gasteiger partial charge >= 0.3 is 0 Å². The molecule has 1 fully saturated rings. The fourth-order valence-electron chi connectivity index (χ4n) is 2.09. The highest BCUT2D eigenvalue weighted by atomic mass is 79.9. The van der Waals surface area contributed by atoms with E-state index in [1.54, 1.807) is 6.07 Å². The Morgan fingerprint density at radius 3 is 2.53 bits per heavy atom. The third-order valence-electron chi connectivity index (χ3n) is 3.11. The van der Waals surface area contributed by atoms with E-state index in [2.05, 4.69) is 15.9 Å². The number of nitrogens with zero attached hydrogens (tertiary/aromatic N) is 2. The first-order valence-corrected chi connectivity index (χ1v) is 6.61. The zero-order chi connectivity index (χ0) is 14.0. The molecule has 19 heavy (non-hydrogen) atoms. The van der Waals surface area contributed by atoms with Crippen LogP contribution in [0.4, 0.5) is 11.4 Å². The van der Waals surface area contributed by atoms with Crippen LogP contribution in [0.25, 0.3) is 0 Å². The lowest BCUT2D eigenvalue weighted by Crippen LogP contribution is -2.34. The lowest BCUT2D eigenvalue weighted by Gasteiger charge is -2.28. The first-order chi connectivity index (χ1) is 9.02. The van der Waals surface area contributed by atoms with E-state index in [0.717, 1.165) is 0 Å².